The lowest BCUT2D eigenvalue weighted by atomic mass is 9.89. The molecular formula is C24H34F6N4O4. The third kappa shape index (κ3) is 8.55. The minimum atomic E-state index is -5.79. The molecule has 0 bridgehead atoms. The molecule has 216 valence electrons. The van der Waals surface area contributed by atoms with Gasteiger partial charge in [-0.25, -0.2) is 4.79 Å². The summed E-state index contributed by atoms with van der Waals surface area (Å²) in [5, 5.41) is 2.86. The fraction of sp³-hybridized carbons (Fsp3) is 0.708. The van der Waals surface area contributed by atoms with E-state index in [1.54, 1.807) is 24.9 Å². The Hall–Kier alpha value is -2.93. The number of nitrogens with zero attached hydrogens (tertiary/aromatic N) is 3. The Morgan fingerprint density at radius 2 is 1.58 bits per heavy atom. The molecule has 0 aromatic heterocycles. The number of unbranched alkanes of at least 4 members (excludes halogenated alkanes) is 1. The van der Waals surface area contributed by atoms with Crippen molar-refractivity contribution in [3.05, 3.63) is 23.5 Å². The van der Waals surface area contributed by atoms with Crippen molar-refractivity contribution in [3.8, 4) is 0 Å². The molecule has 0 unspecified atom stereocenters. The number of alkyl halides is 6. The van der Waals surface area contributed by atoms with Crippen molar-refractivity contribution >= 4 is 17.9 Å². The monoisotopic (exact) mass is 556 g/mol. The molecule has 0 spiro atoms. The van der Waals surface area contributed by atoms with Gasteiger partial charge in [-0.05, 0) is 33.1 Å². The van der Waals surface area contributed by atoms with Gasteiger partial charge in [0.15, 0.2) is 0 Å². The second kappa shape index (κ2) is 12.3. The topological polar surface area (TPSA) is 82.2 Å². The van der Waals surface area contributed by atoms with Gasteiger partial charge in [-0.2, -0.15) is 26.3 Å². The van der Waals surface area contributed by atoms with Gasteiger partial charge in [0.1, 0.15) is 0 Å². The molecule has 2 aliphatic rings. The number of carbonyl (C=O) groups excluding carboxylic acids is 3. The molecule has 2 aliphatic heterocycles. The van der Waals surface area contributed by atoms with E-state index in [4.69, 9.17) is 0 Å². The number of rotatable bonds is 6. The summed E-state index contributed by atoms with van der Waals surface area (Å²) in [7, 11) is 0. The number of ether oxygens (including phenoxy) is 1. The van der Waals surface area contributed by atoms with Gasteiger partial charge in [-0.1, -0.05) is 19.4 Å². The first-order valence-corrected chi connectivity index (χ1v) is 12.3. The zero-order valence-corrected chi connectivity index (χ0v) is 21.8. The summed E-state index contributed by atoms with van der Waals surface area (Å²) in [5.41, 5.74) is 0.435. The van der Waals surface area contributed by atoms with Crippen LogP contribution in [0, 0.1) is 0 Å². The van der Waals surface area contributed by atoms with E-state index in [0.29, 0.717) is 25.2 Å². The second-order valence-corrected chi connectivity index (χ2v) is 9.78. The van der Waals surface area contributed by atoms with Crippen molar-refractivity contribution in [3.63, 3.8) is 0 Å². The summed E-state index contributed by atoms with van der Waals surface area (Å²) >= 11 is 0. The molecule has 2 heterocycles. The summed E-state index contributed by atoms with van der Waals surface area (Å²) < 4.78 is 80.0. The molecule has 1 N–H and O–H groups in total. The van der Waals surface area contributed by atoms with Crippen LogP contribution >= 0.6 is 0 Å². The Labute approximate surface area is 217 Å². The molecule has 0 aliphatic carbocycles. The highest BCUT2D eigenvalue weighted by Gasteiger charge is 2.60. The van der Waals surface area contributed by atoms with Crippen LogP contribution in [-0.4, -0.2) is 89.3 Å². The van der Waals surface area contributed by atoms with E-state index >= 15 is 0 Å². The predicted molar refractivity (Wildman–Crippen MR) is 125 cm³/mol. The van der Waals surface area contributed by atoms with Gasteiger partial charge >= 0.3 is 18.4 Å². The number of amides is 3. The minimum Gasteiger partial charge on any atom is -0.426 e. The van der Waals surface area contributed by atoms with Crippen molar-refractivity contribution in [1.82, 2.24) is 20.0 Å². The van der Waals surface area contributed by atoms with Crippen LogP contribution < -0.4 is 5.32 Å². The van der Waals surface area contributed by atoms with Crippen LogP contribution in [0.5, 0.6) is 0 Å². The van der Waals surface area contributed by atoms with E-state index in [1.807, 2.05) is 17.9 Å². The van der Waals surface area contributed by atoms with E-state index < -0.39 is 36.0 Å². The second-order valence-electron chi connectivity index (χ2n) is 9.78. The quantitative estimate of drug-likeness (QED) is 0.389. The molecule has 0 saturated carbocycles. The van der Waals surface area contributed by atoms with Crippen molar-refractivity contribution in [2.75, 3.05) is 32.7 Å². The maximum absolute atomic E-state index is 12.9. The number of piperazine rings is 1. The normalized spacial score (nSPS) is 20.1. The van der Waals surface area contributed by atoms with Gasteiger partial charge in [0.05, 0.1) is 6.54 Å². The molecule has 38 heavy (non-hydrogen) atoms. The number of nitrogens with one attached hydrogen (secondary N) is 1. The lowest BCUT2D eigenvalue weighted by Crippen LogP contribution is -2.56. The zero-order valence-electron chi connectivity index (χ0n) is 21.8. The number of carbonyl (C=O) groups is 3. The van der Waals surface area contributed by atoms with Gasteiger partial charge in [0.25, 0.3) is 6.10 Å². The number of hydrogen-bond acceptors (Lipinski definition) is 5. The highest BCUT2D eigenvalue weighted by molar-refractivity contribution is 5.93. The number of allylic oxidation sites excluding steroid dienone is 1. The summed E-state index contributed by atoms with van der Waals surface area (Å²) in [6.45, 7) is 7.86. The maximum atomic E-state index is 12.9. The van der Waals surface area contributed by atoms with E-state index in [-0.39, 0.29) is 31.8 Å². The first-order chi connectivity index (χ1) is 17.5. The Morgan fingerprint density at radius 1 is 1.00 bits per heavy atom. The van der Waals surface area contributed by atoms with Crippen LogP contribution in [0.15, 0.2) is 23.5 Å². The van der Waals surface area contributed by atoms with E-state index in [1.165, 1.54) is 6.92 Å². The van der Waals surface area contributed by atoms with E-state index in [9.17, 15) is 40.7 Å². The summed E-state index contributed by atoms with van der Waals surface area (Å²) in [6.07, 6.45) is -11.9. The third-order valence-electron chi connectivity index (χ3n) is 6.51. The first kappa shape index (κ1) is 31.3. The molecule has 0 aromatic rings. The molecule has 0 atom stereocenters. The smallest absolute Gasteiger partial charge is 0.426 e. The summed E-state index contributed by atoms with van der Waals surface area (Å²) in [6, 6.07) is 0. The largest absolute Gasteiger partial charge is 0.434 e. The highest BCUT2D eigenvalue weighted by atomic mass is 19.4. The fourth-order valence-electron chi connectivity index (χ4n) is 4.11. The molecule has 0 radical (unpaired) electrons. The first-order valence-electron chi connectivity index (χ1n) is 12.3. The summed E-state index contributed by atoms with van der Waals surface area (Å²) in [4.78, 5) is 41.1. The van der Waals surface area contributed by atoms with Crippen molar-refractivity contribution in [2.45, 2.75) is 77.4 Å². The molecular weight excluding hydrogens is 522 g/mol. The van der Waals surface area contributed by atoms with Crippen molar-refractivity contribution < 1.29 is 45.5 Å². The molecule has 2 fully saturated rings. The minimum absolute atomic E-state index is 0.0408. The zero-order chi connectivity index (χ0) is 28.9. The molecule has 14 heteroatoms. The Bertz CT molecular complexity index is 925. The molecule has 2 rings (SSSR count). The summed E-state index contributed by atoms with van der Waals surface area (Å²) in [5.74, 6) is -0.442. The van der Waals surface area contributed by atoms with Gasteiger partial charge < -0.3 is 24.8 Å². The Morgan fingerprint density at radius 3 is 2.08 bits per heavy atom. The predicted octanol–water partition coefficient (Wildman–Crippen LogP) is 4.34. The van der Waals surface area contributed by atoms with Crippen LogP contribution in [0.2, 0.25) is 0 Å². The van der Waals surface area contributed by atoms with Crippen LogP contribution in [0.1, 0.15) is 53.4 Å². The average Bonchev–Trinajstić information content (AvgIpc) is 2.80. The molecule has 0 aromatic carbocycles. The lowest BCUT2D eigenvalue weighted by molar-refractivity contribution is -0.308. The van der Waals surface area contributed by atoms with Gasteiger partial charge in [0, 0.05) is 56.1 Å². The van der Waals surface area contributed by atoms with Gasteiger partial charge in [-0.15, -0.1) is 0 Å². The van der Waals surface area contributed by atoms with Crippen LogP contribution in [-0.2, 0) is 14.3 Å². The third-order valence-corrected chi connectivity index (χ3v) is 6.51. The van der Waals surface area contributed by atoms with Crippen molar-refractivity contribution in [1.29, 1.82) is 0 Å². The number of piperidine rings is 1. The maximum Gasteiger partial charge on any atom is 0.434 e. The number of halogens is 6. The van der Waals surface area contributed by atoms with Gasteiger partial charge in [0.2, 0.25) is 11.8 Å². The van der Waals surface area contributed by atoms with Crippen LogP contribution in [0.4, 0.5) is 31.1 Å². The highest BCUT2D eigenvalue weighted by Crippen LogP contribution is 2.36. The molecule has 2 saturated heterocycles. The fourth-order valence-corrected chi connectivity index (χ4v) is 4.11. The van der Waals surface area contributed by atoms with Crippen LogP contribution in [0.25, 0.3) is 0 Å². The number of hydrogen-bond donors (Lipinski definition) is 1. The standard InChI is InChI=1S/C24H34F6N4O4/c1-5-6-7-18-15-33(17(3)35)12-13-34(18)14-16(2)19(36)31-22(4)8-10-32(11-9-22)21(37)38-20(23(25,26)27)24(28,29)30/h7,14,20H,5-6,8-13,15H2,1-4H3,(H,31,36)/b16-14+,18-7+. The molecule has 3 amide bonds. The van der Waals surface area contributed by atoms with Crippen molar-refractivity contribution in [2.24, 2.45) is 0 Å². The molecule has 8 nitrogen and oxygen atoms in total. The lowest BCUT2D eigenvalue weighted by Gasteiger charge is -2.40. The average molecular weight is 557 g/mol. The Kier molecular flexibility index (Phi) is 10.1. The Balaban J connectivity index is 2.00. The van der Waals surface area contributed by atoms with E-state index in [0.717, 1.165) is 23.4 Å². The SMILES string of the molecule is CCC/C=C1\CN(C(C)=O)CCN1/C=C(\C)C(=O)NC1(C)CCN(C(=O)OC(C(F)(F)F)C(F)(F)F)CC1. The van der Waals surface area contributed by atoms with Crippen LogP contribution in [0.3, 0.4) is 0 Å². The number of likely N-dealkylation sites (tertiary alicyclic amines) is 1. The van der Waals surface area contributed by atoms with Gasteiger partial charge in [-0.3, -0.25) is 9.59 Å². The van der Waals surface area contributed by atoms with E-state index in [2.05, 4.69) is 10.1 Å².